The molecule has 0 bridgehead atoms. The normalized spacial score (nSPS) is 14.8. The van der Waals surface area contributed by atoms with Crippen LogP contribution in [0.1, 0.15) is 35.6 Å². The van der Waals surface area contributed by atoms with Crippen LogP contribution >= 0.6 is 0 Å². The number of carbonyl (C=O) groups is 3. The fraction of sp³-hybridized carbons (Fsp3) is 0.227. The summed E-state index contributed by atoms with van der Waals surface area (Å²) in [6.07, 6.45) is -5.15. The van der Waals surface area contributed by atoms with E-state index in [0.717, 1.165) is 23.3 Å². The molecule has 0 aromatic heterocycles. The first-order valence-corrected chi connectivity index (χ1v) is 9.57. The van der Waals surface area contributed by atoms with Crippen LogP contribution in [0, 0.1) is 13.8 Å². The number of halogens is 3. The fourth-order valence-electron chi connectivity index (χ4n) is 3.57. The van der Waals surface area contributed by atoms with Crippen molar-refractivity contribution >= 4 is 34.7 Å². The van der Waals surface area contributed by atoms with Crippen LogP contribution < -0.4 is 21.5 Å². The predicted octanol–water partition coefficient (Wildman–Crippen LogP) is 3.23. The molecule has 2 aromatic carbocycles. The number of alkyl halides is 3. The minimum atomic E-state index is -4.59. The van der Waals surface area contributed by atoms with E-state index in [2.05, 4.69) is 10.9 Å². The first-order valence-electron chi connectivity index (χ1n) is 9.57. The molecule has 0 radical (unpaired) electrons. The lowest BCUT2D eigenvalue weighted by Gasteiger charge is -2.20. The molecular weight excluding hydrogens is 425 g/mol. The number of nitrogens with two attached hydrogens (primary N) is 1. The van der Waals surface area contributed by atoms with Crippen LogP contribution in [-0.4, -0.2) is 17.7 Å². The van der Waals surface area contributed by atoms with Crippen molar-refractivity contribution in [1.82, 2.24) is 10.9 Å². The van der Waals surface area contributed by atoms with Crippen LogP contribution in [-0.2, 0) is 20.6 Å². The number of rotatable bonds is 5. The highest BCUT2D eigenvalue weighted by molar-refractivity contribution is 6.35. The summed E-state index contributed by atoms with van der Waals surface area (Å²) in [4.78, 5) is 37.2. The Morgan fingerprint density at radius 1 is 1.03 bits per heavy atom. The van der Waals surface area contributed by atoms with Gasteiger partial charge in [-0.3, -0.25) is 24.7 Å². The van der Waals surface area contributed by atoms with Gasteiger partial charge in [0.05, 0.1) is 16.8 Å². The largest absolute Gasteiger partial charge is 0.416 e. The Balaban J connectivity index is 2.11. The number of allylic oxidation sites excluding steroid dienone is 1. The molecule has 32 heavy (non-hydrogen) atoms. The maximum atomic E-state index is 13.4. The molecular formula is C22H21F3N4O3. The Bertz CT molecular complexity index is 1140. The highest BCUT2D eigenvalue weighted by Crippen LogP contribution is 2.45. The molecule has 10 heteroatoms. The van der Waals surface area contributed by atoms with Gasteiger partial charge < -0.3 is 11.2 Å². The van der Waals surface area contributed by atoms with Gasteiger partial charge in [0.15, 0.2) is 0 Å². The molecule has 1 aliphatic rings. The Labute approximate surface area is 182 Å². The third kappa shape index (κ3) is 4.58. The maximum Gasteiger partial charge on any atom is 0.416 e. The summed E-state index contributed by atoms with van der Waals surface area (Å²) in [7, 11) is 0. The van der Waals surface area contributed by atoms with E-state index in [-0.39, 0.29) is 22.5 Å². The third-order valence-electron chi connectivity index (χ3n) is 4.82. The van der Waals surface area contributed by atoms with Crippen molar-refractivity contribution in [3.8, 4) is 0 Å². The molecule has 7 nitrogen and oxygen atoms in total. The van der Waals surface area contributed by atoms with E-state index in [1.807, 2.05) is 19.9 Å². The van der Waals surface area contributed by atoms with E-state index in [0.29, 0.717) is 5.69 Å². The fourth-order valence-corrected chi connectivity index (χ4v) is 3.57. The highest BCUT2D eigenvalue weighted by atomic mass is 19.4. The van der Waals surface area contributed by atoms with Gasteiger partial charge in [-0.05, 0) is 56.2 Å². The Morgan fingerprint density at radius 2 is 1.66 bits per heavy atom. The van der Waals surface area contributed by atoms with Crippen molar-refractivity contribution in [2.45, 2.75) is 33.4 Å². The summed E-state index contributed by atoms with van der Waals surface area (Å²) in [6.45, 7) is 5.13. The van der Waals surface area contributed by atoms with Crippen molar-refractivity contribution < 1.29 is 27.6 Å². The number of primary amides is 1. The smallest absolute Gasteiger partial charge is 0.369 e. The van der Waals surface area contributed by atoms with Crippen molar-refractivity contribution in [3.63, 3.8) is 0 Å². The number of anilines is 2. The Kier molecular flexibility index (Phi) is 5.98. The molecule has 0 saturated carbocycles. The maximum absolute atomic E-state index is 13.4. The minimum Gasteiger partial charge on any atom is -0.369 e. The zero-order chi connectivity index (χ0) is 23.8. The van der Waals surface area contributed by atoms with Crippen LogP contribution in [0.4, 0.5) is 24.5 Å². The average Bonchev–Trinajstić information content (AvgIpc) is 2.95. The number of carbonyl (C=O) groups excluding carboxylic acids is 3. The molecule has 1 heterocycles. The zero-order valence-electron chi connectivity index (χ0n) is 17.6. The van der Waals surface area contributed by atoms with Crippen molar-refractivity contribution in [2.24, 2.45) is 5.73 Å². The molecule has 4 N–H and O–H groups in total. The van der Waals surface area contributed by atoms with Gasteiger partial charge in [-0.2, -0.15) is 13.2 Å². The molecule has 0 unspecified atom stereocenters. The van der Waals surface area contributed by atoms with Crippen LogP contribution in [0.5, 0.6) is 0 Å². The van der Waals surface area contributed by atoms with Crippen molar-refractivity contribution in [1.29, 1.82) is 0 Å². The van der Waals surface area contributed by atoms with Gasteiger partial charge in [-0.15, -0.1) is 0 Å². The topological polar surface area (TPSA) is 105 Å². The van der Waals surface area contributed by atoms with E-state index >= 15 is 0 Å². The zero-order valence-corrected chi connectivity index (χ0v) is 17.6. The van der Waals surface area contributed by atoms with Gasteiger partial charge in [0, 0.05) is 16.9 Å². The number of benzene rings is 2. The lowest BCUT2D eigenvalue weighted by Crippen LogP contribution is -2.39. The van der Waals surface area contributed by atoms with E-state index in [1.165, 1.54) is 17.9 Å². The summed E-state index contributed by atoms with van der Waals surface area (Å²) >= 11 is 0. The lowest BCUT2D eigenvalue weighted by molar-refractivity contribution is -0.137. The standard InChI is InChI=1S/C22H21F3N4O3/c1-11-6-12(2)8-15(7-11)29-17-9-14(22(23,24)25)4-5-16(17)20(21(29)32)13(3)27-28-19(31)10-18(26)30/h4-9,27H,10H2,1-3H3,(H2,26,30)(H,28,31)/b20-13-. The van der Waals surface area contributed by atoms with E-state index in [9.17, 15) is 27.6 Å². The first-order chi connectivity index (χ1) is 14.9. The van der Waals surface area contributed by atoms with Gasteiger partial charge in [0.1, 0.15) is 6.42 Å². The van der Waals surface area contributed by atoms with Crippen molar-refractivity contribution in [3.05, 3.63) is 64.3 Å². The molecule has 0 spiro atoms. The van der Waals surface area contributed by atoms with Crippen LogP contribution in [0.2, 0.25) is 0 Å². The summed E-state index contributed by atoms with van der Waals surface area (Å²) in [5, 5.41) is 0. The second-order valence-corrected chi connectivity index (χ2v) is 7.53. The second kappa shape index (κ2) is 8.37. The number of hydrazine groups is 1. The van der Waals surface area contributed by atoms with Gasteiger partial charge in [-0.1, -0.05) is 12.1 Å². The summed E-state index contributed by atoms with van der Waals surface area (Å²) in [5.74, 6) is -2.11. The van der Waals surface area contributed by atoms with Gasteiger partial charge in [0.25, 0.3) is 5.91 Å². The molecule has 3 rings (SSSR count). The number of amides is 3. The summed E-state index contributed by atoms with van der Waals surface area (Å²) in [6, 6.07) is 8.34. The number of nitrogens with one attached hydrogen (secondary N) is 2. The average molecular weight is 446 g/mol. The highest BCUT2D eigenvalue weighted by Gasteiger charge is 2.39. The predicted molar refractivity (Wildman–Crippen MR) is 112 cm³/mol. The van der Waals surface area contributed by atoms with Crippen LogP contribution in [0.15, 0.2) is 42.1 Å². The molecule has 0 atom stereocenters. The van der Waals surface area contributed by atoms with Crippen LogP contribution in [0.3, 0.4) is 0 Å². The van der Waals surface area contributed by atoms with E-state index in [4.69, 9.17) is 5.73 Å². The van der Waals surface area contributed by atoms with E-state index in [1.54, 1.807) is 12.1 Å². The third-order valence-corrected chi connectivity index (χ3v) is 4.82. The SMILES string of the molecule is C/C(NNC(=O)CC(N)=O)=C1/C(=O)N(c2cc(C)cc(C)c2)c2cc(C(F)(F)F)ccc21. The minimum absolute atomic E-state index is 0.0782. The molecule has 2 aromatic rings. The quantitative estimate of drug-likeness (QED) is 0.373. The number of hydrogen-bond donors (Lipinski definition) is 3. The van der Waals surface area contributed by atoms with Crippen LogP contribution in [0.25, 0.3) is 5.57 Å². The summed E-state index contributed by atoms with van der Waals surface area (Å²) < 4.78 is 40.1. The number of fused-ring (bicyclic) bond motifs is 1. The first kappa shape index (κ1) is 22.9. The molecule has 1 aliphatic heterocycles. The van der Waals surface area contributed by atoms with Gasteiger partial charge >= 0.3 is 6.18 Å². The molecule has 0 saturated heterocycles. The number of nitrogens with zero attached hydrogens (tertiary/aromatic N) is 1. The van der Waals surface area contributed by atoms with Gasteiger partial charge in [0.2, 0.25) is 11.8 Å². The van der Waals surface area contributed by atoms with Gasteiger partial charge in [-0.25, -0.2) is 0 Å². The monoisotopic (exact) mass is 446 g/mol. The Morgan fingerprint density at radius 3 is 2.22 bits per heavy atom. The lowest BCUT2D eigenvalue weighted by atomic mass is 10.0. The molecule has 3 amide bonds. The molecule has 168 valence electrons. The second-order valence-electron chi connectivity index (χ2n) is 7.53. The van der Waals surface area contributed by atoms with Crippen molar-refractivity contribution in [2.75, 3.05) is 4.90 Å². The summed E-state index contributed by atoms with van der Waals surface area (Å²) in [5.41, 5.74) is 11.6. The Hall–Kier alpha value is -3.82. The van der Waals surface area contributed by atoms with E-state index < -0.39 is 35.9 Å². The number of aryl methyl sites for hydroxylation is 2. The number of hydrogen-bond acceptors (Lipinski definition) is 4. The molecule has 0 fully saturated rings. The molecule has 0 aliphatic carbocycles.